The first-order valence-electron chi connectivity index (χ1n) is 12.5. The molecule has 0 spiro atoms. The molecule has 39 heavy (non-hydrogen) atoms. The highest BCUT2D eigenvalue weighted by Crippen LogP contribution is 2.29. The minimum Gasteiger partial charge on any atom is -0.497 e. The number of imide groups is 2. The van der Waals surface area contributed by atoms with Crippen molar-refractivity contribution >= 4 is 41.2 Å². The quantitative estimate of drug-likeness (QED) is 0.190. The van der Waals surface area contributed by atoms with Gasteiger partial charge in [0.2, 0.25) is 0 Å². The molecule has 0 aromatic heterocycles. The van der Waals surface area contributed by atoms with Crippen molar-refractivity contribution in [2.45, 2.75) is 26.2 Å². The van der Waals surface area contributed by atoms with Gasteiger partial charge in [0.05, 0.1) is 12.8 Å². The fourth-order valence-corrected chi connectivity index (χ4v) is 4.16. The van der Waals surface area contributed by atoms with Gasteiger partial charge >= 0.3 is 6.03 Å². The van der Waals surface area contributed by atoms with Crippen LogP contribution in [0.4, 0.5) is 10.5 Å². The molecule has 1 fully saturated rings. The minimum atomic E-state index is -0.843. The van der Waals surface area contributed by atoms with Crippen LogP contribution < -0.4 is 24.4 Å². The second kappa shape index (κ2) is 12.5. The van der Waals surface area contributed by atoms with Crippen molar-refractivity contribution in [3.63, 3.8) is 0 Å². The lowest BCUT2D eigenvalue weighted by Gasteiger charge is -2.26. The summed E-state index contributed by atoms with van der Waals surface area (Å²) in [6, 6.07) is 18.3. The van der Waals surface area contributed by atoms with Gasteiger partial charge in [0.15, 0.2) is 0 Å². The highest BCUT2D eigenvalue weighted by Gasteiger charge is 2.37. The molecular formula is C30H29ClN2O6. The Hall–Kier alpha value is -4.30. The van der Waals surface area contributed by atoms with Crippen LogP contribution in [0.15, 0.2) is 72.3 Å². The average Bonchev–Trinajstić information content (AvgIpc) is 2.94. The normalized spacial score (nSPS) is 15.2. The summed E-state index contributed by atoms with van der Waals surface area (Å²) < 4.78 is 16.8. The van der Waals surface area contributed by atoms with Crippen molar-refractivity contribution < 1.29 is 28.6 Å². The summed E-state index contributed by atoms with van der Waals surface area (Å²) >= 11 is 6.20. The first-order chi connectivity index (χ1) is 18.8. The first-order valence-corrected chi connectivity index (χ1v) is 12.9. The Balaban J connectivity index is 1.48. The third-order valence-electron chi connectivity index (χ3n) is 6.38. The van der Waals surface area contributed by atoms with Crippen molar-refractivity contribution in [1.82, 2.24) is 5.32 Å². The van der Waals surface area contributed by atoms with Crippen LogP contribution in [-0.2, 0) is 9.59 Å². The Kier molecular flexibility index (Phi) is 8.88. The van der Waals surface area contributed by atoms with Crippen LogP contribution in [0.3, 0.4) is 0 Å². The van der Waals surface area contributed by atoms with E-state index in [0.29, 0.717) is 28.0 Å². The number of benzene rings is 3. The fourth-order valence-electron chi connectivity index (χ4n) is 3.98. The van der Waals surface area contributed by atoms with E-state index >= 15 is 0 Å². The summed E-state index contributed by atoms with van der Waals surface area (Å²) in [6.45, 7) is 4.82. The second-order valence-corrected chi connectivity index (χ2v) is 9.35. The first kappa shape index (κ1) is 27.7. The lowest BCUT2D eigenvalue weighted by atomic mass is 9.99. The Morgan fingerprint density at radius 3 is 2.26 bits per heavy atom. The number of carbonyl (C=O) groups excluding carboxylic acids is 3. The number of hydrogen-bond donors (Lipinski definition) is 1. The summed E-state index contributed by atoms with van der Waals surface area (Å²) in [5.74, 6) is 0.587. The highest BCUT2D eigenvalue weighted by molar-refractivity contribution is 6.39. The zero-order valence-electron chi connectivity index (χ0n) is 21.9. The molecule has 0 bridgehead atoms. The van der Waals surface area contributed by atoms with E-state index in [0.717, 1.165) is 17.1 Å². The molecule has 4 rings (SSSR count). The maximum absolute atomic E-state index is 13.3. The Labute approximate surface area is 232 Å². The van der Waals surface area contributed by atoms with Crippen molar-refractivity contribution in [3.05, 3.63) is 88.5 Å². The number of amides is 4. The maximum atomic E-state index is 13.3. The molecule has 1 aliphatic rings. The van der Waals surface area contributed by atoms with Crippen LogP contribution in [0.1, 0.15) is 37.3 Å². The number of barbiturate groups is 1. The SMILES string of the molecule is CCC(C)c1ccc(OCCOc2ccc(Cl)cc2C=C2C(=O)NC(=O)N(c3ccc(OC)cc3)C2=O)cc1. The molecule has 1 N–H and O–H groups in total. The number of ether oxygens (including phenoxy) is 3. The van der Waals surface area contributed by atoms with Gasteiger partial charge in [0.25, 0.3) is 11.8 Å². The number of urea groups is 1. The lowest BCUT2D eigenvalue weighted by Crippen LogP contribution is -2.54. The van der Waals surface area contributed by atoms with Gasteiger partial charge in [-0.15, -0.1) is 0 Å². The molecule has 1 heterocycles. The Bertz CT molecular complexity index is 1390. The second-order valence-electron chi connectivity index (χ2n) is 8.91. The number of hydrogen-bond acceptors (Lipinski definition) is 6. The summed E-state index contributed by atoms with van der Waals surface area (Å²) in [5, 5.41) is 2.60. The standard InChI is InChI=1S/C30H29ClN2O6/c1-4-19(2)20-5-10-25(11-6-20)38-15-16-39-27-14-7-22(31)17-21(27)18-26-28(34)32-30(36)33(29(26)35)23-8-12-24(37-3)13-9-23/h5-14,17-19H,4,15-16H2,1-3H3,(H,32,34,36). The molecule has 3 aromatic rings. The molecule has 3 aromatic carbocycles. The van der Waals surface area contributed by atoms with Crippen LogP contribution in [0.25, 0.3) is 6.08 Å². The van der Waals surface area contributed by atoms with Gasteiger partial charge in [0, 0.05) is 10.6 Å². The van der Waals surface area contributed by atoms with E-state index in [1.165, 1.54) is 18.7 Å². The van der Waals surface area contributed by atoms with E-state index in [-0.39, 0.29) is 24.5 Å². The van der Waals surface area contributed by atoms with Gasteiger partial charge in [-0.25, -0.2) is 9.69 Å². The summed E-state index contributed by atoms with van der Waals surface area (Å²) in [7, 11) is 1.51. The van der Waals surface area contributed by atoms with Gasteiger partial charge in [0.1, 0.15) is 36.0 Å². The minimum absolute atomic E-state index is 0.210. The molecule has 1 unspecified atom stereocenters. The van der Waals surface area contributed by atoms with Crippen molar-refractivity contribution in [2.75, 3.05) is 25.2 Å². The number of carbonyl (C=O) groups is 3. The number of nitrogens with one attached hydrogen (secondary N) is 1. The molecule has 1 atom stereocenters. The molecule has 1 saturated heterocycles. The van der Waals surface area contributed by atoms with Gasteiger partial charge in [-0.1, -0.05) is 37.6 Å². The molecule has 1 aliphatic heterocycles. The van der Waals surface area contributed by atoms with Crippen LogP contribution in [0, 0.1) is 0 Å². The predicted molar refractivity (Wildman–Crippen MR) is 150 cm³/mol. The van der Waals surface area contributed by atoms with E-state index in [9.17, 15) is 14.4 Å². The zero-order valence-corrected chi connectivity index (χ0v) is 22.7. The average molecular weight is 549 g/mol. The van der Waals surface area contributed by atoms with Gasteiger partial charge in [-0.05, 0) is 78.6 Å². The van der Waals surface area contributed by atoms with Crippen LogP contribution in [-0.4, -0.2) is 38.2 Å². The van der Waals surface area contributed by atoms with Crippen molar-refractivity contribution in [2.24, 2.45) is 0 Å². The maximum Gasteiger partial charge on any atom is 0.335 e. The summed E-state index contributed by atoms with van der Waals surface area (Å²) in [5.41, 5.74) is 1.71. The summed E-state index contributed by atoms with van der Waals surface area (Å²) in [6.07, 6.45) is 2.42. The Morgan fingerprint density at radius 1 is 0.923 bits per heavy atom. The third-order valence-corrected chi connectivity index (χ3v) is 6.61. The molecule has 0 radical (unpaired) electrons. The number of rotatable bonds is 10. The predicted octanol–water partition coefficient (Wildman–Crippen LogP) is 5.99. The number of methoxy groups -OCH3 is 1. The topological polar surface area (TPSA) is 94.2 Å². The largest absolute Gasteiger partial charge is 0.497 e. The number of anilines is 1. The number of halogens is 1. The van der Waals surface area contributed by atoms with Gasteiger partial charge < -0.3 is 14.2 Å². The molecular weight excluding hydrogens is 520 g/mol. The van der Waals surface area contributed by atoms with E-state index in [1.807, 2.05) is 12.1 Å². The molecule has 9 heteroatoms. The Morgan fingerprint density at radius 2 is 1.59 bits per heavy atom. The summed E-state index contributed by atoms with van der Waals surface area (Å²) in [4.78, 5) is 39.3. The molecule has 0 saturated carbocycles. The van der Waals surface area contributed by atoms with Crippen LogP contribution in [0.5, 0.6) is 17.2 Å². The smallest absolute Gasteiger partial charge is 0.335 e. The zero-order chi connectivity index (χ0) is 27.9. The van der Waals surface area contributed by atoms with Crippen molar-refractivity contribution in [1.29, 1.82) is 0 Å². The molecule has 202 valence electrons. The molecule has 4 amide bonds. The fraction of sp³-hybridized carbons (Fsp3) is 0.233. The lowest BCUT2D eigenvalue weighted by molar-refractivity contribution is -0.122. The monoisotopic (exact) mass is 548 g/mol. The van der Waals surface area contributed by atoms with Gasteiger partial charge in [-0.2, -0.15) is 0 Å². The van der Waals surface area contributed by atoms with Crippen LogP contribution in [0.2, 0.25) is 5.02 Å². The molecule has 0 aliphatic carbocycles. The highest BCUT2D eigenvalue weighted by atomic mass is 35.5. The van der Waals surface area contributed by atoms with E-state index in [4.69, 9.17) is 25.8 Å². The van der Waals surface area contributed by atoms with E-state index < -0.39 is 17.8 Å². The molecule has 8 nitrogen and oxygen atoms in total. The van der Waals surface area contributed by atoms with Crippen molar-refractivity contribution in [3.8, 4) is 17.2 Å². The van der Waals surface area contributed by atoms with Gasteiger partial charge in [-0.3, -0.25) is 14.9 Å². The van der Waals surface area contributed by atoms with Crippen LogP contribution >= 0.6 is 11.6 Å². The number of nitrogens with zero attached hydrogens (tertiary/aromatic N) is 1. The van der Waals surface area contributed by atoms with E-state index in [1.54, 1.807) is 42.5 Å². The third kappa shape index (κ3) is 6.59. The van der Waals surface area contributed by atoms with E-state index in [2.05, 4.69) is 31.3 Å².